The zero-order valence-electron chi connectivity index (χ0n) is 9.78. The highest BCUT2D eigenvalue weighted by Crippen LogP contribution is 2.34. The summed E-state index contributed by atoms with van der Waals surface area (Å²) in [5, 5.41) is 9.12. The Morgan fingerprint density at radius 1 is 1.17 bits per heavy atom. The summed E-state index contributed by atoms with van der Waals surface area (Å²) in [7, 11) is 0. The van der Waals surface area contributed by atoms with Gasteiger partial charge in [-0.15, -0.1) is 5.10 Å². The highest BCUT2D eigenvalue weighted by Gasteiger charge is 2.19. The maximum absolute atomic E-state index is 6.16. The fourth-order valence-corrected chi connectivity index (χ4v) is 2.72. The van der Waals surface area contributed by atoms with Gasteiger partial charge in [0.05, 0.1) is 15.7 Å². The number of rotatable bonds is 2. The Bertz CT molecular complexity index is 569. The van der Waals surface area contributed by atoms with E-state index < -0.39 is 0 Å². The molecule has 0 spiro atoms. The summed E-state index contributed by atoms with van der Waals surface area (Å²) in [6.07, 6.45) is 0. The van der Waals surface area contributed by atoms with Crippen molar-refractivity contribution in [2.45, 2.75) is 19.8 Å². The maximum atomic E-state index is 6.16. The number of halogens is 3. The van der Waals surface area contributed by atoms with Crippen LogP contribution in [0.3, 0.4) is 0 Å². The van der Waals surface area contributed by atoms with Crippen LogP contribution in [0.2, 0.25) is 15.1 Å². The SMILES string of the molecule is CC(C)c1c(N)nnn1-c1c(Cl)cc(Cl)cc1Cl. The average Bonchev–Trinajstić information content (AvgIpc) is 2.58. The monoisotopic (exact) mass is 304 g/mol. The molecule has 7 heteroatoms. The van der Waals surface area contributed by atoms with E-state index in [-0.39, 0.29) is 5.92 Å². The molecule has 0 aliphatic carbocycles. The van der Waals surface area contributed by atoms with Crippen LogP contribution in [0.4, 0.5) is 5.82 Å². The van der Waals surface area contributed by atoms with Crippen molar-refractivity contribution in [1.29, 1.82) is 0 Å². The Morgan fingerprint density at radius 3 is 2.22 bits per heavy atom. The lowest BCUT2D eigenvalue weighted by Crippen LogP contribution is -2.06. The van der Waals surface area contributed by atoms with Crippen molar-refractivity contribution in [1.82, 2.24) is 15.0 Å². The van der Waals surface area contributed by atoms with Gasteiger partial charge in [-0.2, -0.15) is 0 Å². The van der Waals surface area contributed by atoms with Gasteiger partial charge in [0.15, 0.2) is 5.82 Å². The van der Waals surface area contributed by atoms with Gasteiger partial charge in [-0.25, -0.2) is 4.68 Å². The smallest absolute Gasteiger partial charge is 0.169 e. The second-order valence-corrected chi connectivity index (χ2v) is 5.40. The minimum Gasteiger partial charge on any atom is -0.381 e. The molecule has 0 bridgehead atoms. The van der Waals surface area contributed by atoms with Crippen LogP contribution in [-0.4, -0.2) is 15.0 Å². The van der Waals surface area contributed by atoms with Crippen molar-refractivity contribution in [3.63, 3.8) is 0 Å². The molecule has 4 nitrogen and oxygen atoms in total. The first-order valence-corrected chi connectivity index (χ1v) is 6.41. The van der Waals surface area contributed by atoms with E-state index in [2.05, 4.69) is 10.3 Å². The number of hydrogen-bond donors (Lipinski definition) is 1. The Morgan fingerprint density at radius 2 is 1.72 bits per heavy atom. The van der Waals surface area contributed by atoms with Crippen molar-refractivity contribution >= 4 is 40.6 Å². The Balaban J connectivity index is 2.70. The van der Waals surface area contributed by atoms with Crippen molar-refractivity contribution < 1.29 is 0 Å². The summed E-state index contributed by atoms with van der Waals surface area (Å²) in [5.74, 6) is 0.509. The highest BCUT2D eigenvalue weighted by atomic mass is 35.5. The van der Waals surface area contributed by atoms with Gasteiger partial charge < -0.3 is 5.73 Å². The van der Waals surface area contributed by atoms with Gasteiger partial charge >= 0.3 is 0 Å². The van der Waals surface area contributed by atoms with E-state index in [0.29, 0.717) is 26.6 Å². The third-order valence-corrected chi connectivity index (χ3v) is 3.27. The first-order chi connectivity index (χ1) is 8.41. The lowest BCUT2D eigenvalue weighted by atomic mass is 10.1. The fourth-order valence-electron chi connectivity index (χ4n) is 1.74. The van der Waals surface area contributed by atoms with Gasteiger partial charge in [0.25, 0.3) is 0 Å². The maximum Gasteiger partial charge on any atom is 0.169 e. The van der Waals surface area contributed by atoms with Crippen molar-refractivity contribution in [3.05, 3.63) is 32.9 Å². The molecule has 0 fully saturated rings. The molecule has 0 saturated heterocycles. The zero-order valence-corrected chi connectivity index (χ0v) is 12.1. The fraction of sp³-hybridized carbons (Fsp3) is 0.273. The molecule has 2 N–H and O–H groups in total. The van der Waals surface area contributed by atoms with E-state index in [9.17, 15) is 0 Å². The summed E-state index contributed by atoms with van der Waals surface area (Å²) >= 11 is 18.2. The van der Waals surface area contributed by atoms with E-state index in [4.69, 9.17) is 40.5 Å². The average molecular weight is 306 g/mol. The van der Waals surface area contributed by atoms with Gasteiger partial charge in [0.1, 0.15) is 5.69 Å². The number of hydrogen-bond acceptors (Lipinski definition) is 3. The van der Waals surface area contributed by atoms with Gasteiger partial charge in [-0.1, -0.05) is 53.9 Å². The molecule has 0 aliphatic rings. The van der Waals surface area contributed by atoms with Crippen LogP contribution in [0.1, 0.15) is 25.5 Å². The standard InChI is InChI=1S/C11H11Cl3N4/c1-5(2)9-11(15)16-17-18(9)10-7(13)3-6(12)4-8(10)14/h3-5H,15H2,1-2H3. The van der Waals surface area contributed by atoms with Gasteiger partial charge in [0, 0.05) is 5.02 Å². The van der Waals surface area contributed by atoms with Crippen LogP contribution in [0, 0.1) is 0 Å². The molecular formula is C11H11Cl3N4. The second-order valence-electron chi connectivity index (χ2n) is 4.14. The Kier molecular flexibility index (Phi) is 3.71. The molecule has 0 unspecified atom stereocenters. The molecule has 1 aromatic heterocycles. The Labute approximate surface area is 120 Å². The first-order valence-electron chi connectivity index (χ1n) is 5.27. The number of nitrogens with two attached hydrogens (primary N) is 1. The van der Waals surface area contributed by atoms with Crippen LogP contribution in [-0.2, 0) is 0 Å². The van der Waals surface area contributed by atoms with Crippen LogP contribution in [0.5, 0.6) is 0 Å². The molecule has 0 amide bonds. The van der Waals surface area contributed by atoms with Crippen molar-refractivity contribution in [3.8, 4) is 5.69 Å². The van der Waals surface area contributed by atoms with Crippen molar-refractivity contribution in [2.24, 2.45) is 0 Å². The molecule has 2 rings (SSSR count). The minimum absolute atomic E-state index is 0.141. The molecule has 1 heterocycles. The van der Waals surface area contributed by atoms with Crippen LogP contribution in [0.15, 0.2) is 12.1 Å². The van der Waals surface area contributed by atoms with Crippen molar-refractivity contribution in [2.75, 3.05) is 5.73 Å². The molecule has 1 aromatic carbocycles. The van der Waals surface area contributed by atoms with Gasteiger partial charge in [-0.05, 0) is 18.1 Å². The third-order valence-electron chi connectivity index (χ3n) is 2.47. The Hall–Kier alpha value is -0.970. The summed E-state index contributed by atoms with van der Waals surface area (Å²) < 4.78 is 1.56. The molecule has 96 valence electrons. The lowest BCUT2D eigenvalue weighted by molar-refractivity contribution is 0.716. The predicted molar refractivity (Wildman–Crippen MR) is 74.9 cm³/mol. The van der Waals surface area contributed by atoms with Gasteiger partial charge in [0.2, 0.25) is 0 Å². The molecule has 2 aromatic rings. The lowest BCUT2D eigenvalue weighted by Gasteiger charge is -2.12. The van der Waals surface area contributed by atoms with E-state index >= 15 is 0 Å². The van der Waals surface area contributed by atoms with E-state index in [1.807, 2.05) is 13.8 Å². The summed E-state index contributed by atoms with van der Waals surface area (Å²) in [6, 6.07) is 3.21. The summed E-state index contributed by atoms with van der Waals surface area (Å²) in [5.41, 5.74) is 7.11. The highest BCUT2D eigenvalue weighted by molar-refractivity contribution is 6.40. The number of nitrogen functional groups attached to an aromatic ring is 1. The van der Waals surface area contributed by atoms with Crippen LogP contribution >= 0.6 is 34.8 Å². The quantitative estimate of drug-likeness (QED) is 0.914. The molecule has 0 saturated carbocycles. The predicted octanol–water partition coefficient (Wildman–Crippen LogP) is 3.93. The van der Waals surface area contributed by atoms with E-state index in [1.54, 1.807) is 16.8 Å². The van der Waals surface area contributed by atoms with Gasteiger partial charge in [-0.3, -0.25) is 0 Å². The zero-order chi connectivity index (χ0) is 13.4. The number of nitrogens with zero attached hydrogens (tertiary/aromatic N) is 3. The molecule has 0 radical (unpaired) electrons. The molecule has 0 aliphatic heterocycles. The third kappa shape index (κ3) is 2.28. The molecular weight excluding hydrogens is 295 g/mol. The largest absolute Gasteiger partial charge is 0.381 e. The number of anilines is 1. The summed E-state index contributed by atoms with van der Waals surface area (Å²) in [4.78, 5) is 0. The van der Waals surface area contributed by atoms with Crippen LogP contribution < -0.4 is 5.73 Å². The molecule has 0 atom stereocenters. The molecule has 18 heavy (non-hydrogen) atoms. The van der Waals surface area contributed by atoms with Crippen LogP contribution in [0.25, 0.3) is 5.69 Å². The topological polar surface area (TPSA) is 56.7 Å². The van der Waals surface area contributed by atoms with E-state index in [1.165, 1.54) is 0 Å². The van der Waals surface area contributed by atoms with E-state index in [0.717, 1.165) is 5.69 Å². The minimum atomic E-state index is 0.141. The first kappa shape index (κ1) is 13.5. The number of benzene rings is 1. The second kappa shape index (κ2) is 4.96. The number of aromatic nitrogens is 3. The normalized spacial score (nSPS) is 11.2. The summed E-state index contributed by atoms with van der Waals surface area (Å²) in [6.45, 7) is 3.98.